The Morgan fingerprint density at radius 2 is 2.07 bits per heavy atom. The number of hydrogen-bond donors (Lipinski definition) is 1. The summed E-state index contributed by atoms with van der Waals surface area (Å²) in [5.74, 6) is -0.763. The van der Waals surface area contributed by atoms with Gasteiger partial charge in [-0.3, -0.25) is 14.3 Å². The van der Waals surface area contributed by atoms with Crippen molar-refractivity contribution in [2.24, 2.45) is 0 Å². The van der Waals surface area contributed by atoms with Crippen LogP contribution >= 0.6 is 22.9 Å². The van der Waals surface area contributed by atoms with Crippen molar-refractivity contribution < 1.29 is 14.3 Å². The number of aromatic nitrogens is 2. The number of ether oxygens (including phenoxy) is 1. The van der Waals surface area contributed by atoms with Gasteiger partial charge in [0.2, 0.25) is 0 Å². The van der Waals surface area contributed by atoms with E-state index in [1.807, 2.05) is 35.9 Å². The summed E-state index contributed by atoms with van der Waals surface area (Å²) in [5, 5.41) is 8.75. The highest BCUT2D eigenvalue weighted by molar-refractivity contribution is 7.20. The molecule has 0 saturated carbocycles. The van der Waals surface area contributed by atoms with E-state index in [9.17, 15) is 9.59 Å². The topological polar surface area (TPSA) is 73.2 Å². The number of hydrogen-bond acceptors (Lipinski definition) is 5. The number of rotatable bonds is 6. The number of halogens is 1. The maximum absolute atomic E-state index is 12.4. The first kappa shape index (κ1) is 19.4. The number of aryl methyl sites for hydroxylation is 1. The summed E-state index contributed by atoms with van der Waals surface area (Å²) >= 11 is 7.59. The van der Waals surface area contributed by atoms with Crippen molar-refractivity contribution in [2.45, 2.75) is 33.4 Å². The molecule has 0 bridgehead atoms. The molecule has 0 aliphatic rings. The Morgan fingerprint density at radius 3 is 2.78 bits per heavy atom. The molecule has 0 atom stereocenters. The minimum atomic E-state index is -0.458. The SMILES string of the molecule is Cc1nn(Cc2ccccc2Cl)c2sc(C(=O)NCC(=O)OC(C)C)cc12. The lowest BCUT2D eigenvalue weighted by atomic mass is 10.2. The van der Waals surface area contributed by atoms with Crippen LogP contribution in [0.15, 0.2) is 30.3 Å². The quantitative estimate of drug-likeness (QED) is 0.633. The van der Waals surface area contributed by atoms with Gasteiger partial charge in [0.15, 0.2) is 0 Å². The van der Waals surface area contributed by atoms with E-state index in [-0.39, 0.29) is 18.6 Å². The zero-order valence-corrected chi connectivity index (χ0v) is 16.9. The van der Waals surface area contributed by atoms with E-state index in [2.05, 4.69) is 10.4 Å². The molecule has 0 radical (unpaired) electrons. The number of carbonyl (C=O) groups excluding carboxylic acids is 2. The third kappa shape index (κ3) is 4.48. The maximum atomic E-state index is 12.4. The van der Waals surface area contributed by atoms with Gasteiger partial charge in [0.25, 0.3) is 5.91 Å². The van der Waals surface area contributed by atoms with Gasteiger partial charge in [0.1, 0.15) is 11.4 Å². The standard InChI is InChI=1S/C19H20ClN3O3S/c1-11(2)26-17(24)9-21-18(25)16-8-14-12(3)22-23(19(14)27-16)10-13-6-4-5-7-15(13)20/h4-8,11H,9-10H2,1-3H3,(H,21,25). The van der Waals surface area contributed by atoms with Crippen LogP contribution in [0.2, 0.25) is 5.02 Å². The summed E-state index contributed by atoms with van der Waals surface area (Å²) in [6.45, 7) is 5.79. The predicted octanol–water partition coefficient (Wildman–Crippen LogP) is 3.79. The van der Waals surface area contributed by atoms with Crippen LogP contribution in [0.3, 0.4) is 0 Å². The van der Waals surface area contributed by atoms with Crippen molar-refractivity contribution in [1.82, 2.24) is 15.1 Å². The van der Waals surface area contributed by atoms with Crippen LogP contribution in [0.4, 0.5) is 0 Å². The van der Waals surface area contributed by atoms with Gasteiger partial charge in [0.05, 0.1) is 23.2 Å². The number of amides is 1. The van der Waals surface area contributed by atoms with Crippen LogP contribution in [0, 0.1) is 6.92 Å². The third-order valence-electron chi connectivity index (χ3n) is 3.87. The minimum absolute atomic E-state index is 0.157. The van der Waals surface area contributed by atoms with E-state index < -0.39 is 5.97 Å². The largest absolute Gasteiger partial charge is 0.462 e. The summed E-state index contributed by atoms with van der Waals surface area (Å²) in [6, 6.07) is 9.40. The van der Waals surface area contributed by atoms with Crippen LogP contribution in [0.5, 0.6) is 0 Å². The molecule has 3 aromatic rings. The molecule has 6 nitrogen and oxygen atoms in total. The smallest absolute Gasteiger partial charge is 0.325 e. The Hall–Kier alpha value is -2.38. The molecular weight excluding hydrogens is 386 g/mol. The normalized spacial score (nSPS) is 11.1. The molecule has 0 aliphatic heterocycles. The number of thiophene rings is 1. The molecule has 2 aromatic heterocycles. The van der Waals surface area contributed by atoms with E-state index in [0.717, 1.165) is 21.5 Å². The fourth-order valence-corrected chi connectivity index (χ4v) is 3.94. The van der Waals surface area contributed by atoms with Gasteiger partial charge in [-0.15, -0.1) is 11.3 Å². The van der Waals surface area contributed by atoms with E-state index in [1.165, 1.54) is 11.3 Å². The number of esters is 1. The zero-order chi connectivity index (χ0) is 19.6. The van der Waals surface area contributed by atoms with Crippen LogP contribution in [-0.4, -0.2) is 34.3 Å². The Morgan fingerprint density at radius 1 is 1.33 bits per heavy atom. The van der Waals surface area contributed by atoms with Crippen molar-refractivity contribution in [1.29, 1.82) is 0 Å². The molecule has 27 heavy (non-hydrogen) atoms. The minimum Gasteiger partial charge on any atom is -0.462 e. The van der Waals surface area contributed by atoms with Gasteiger partial charge in [-0.2, -0.15) is 5.10 Å². The third-order valence-corrected chi connectivity index (χ3v) is 5.39. The first-order valence-electron chi connectivity index (χ1n) is 8.53. The summed E-state index contributed by atoms with van der Waals surface area (Å²) in [6.07, 6.45) is -0.211. The Kier molecular flexibility index (Phi) is 5.82. The predicted molar refractivity (Wildman–Crippen MR) is 106 cm³/mol. The van der Waals surface area contributed by atoms with Crippen LogP contribution < -0.4 is 5.32 Å². The van der Waals surface area contributed by atoms with E-state index in [1.54, 1.807) is 19.9 Å². The number of carbonyl (C=O) groups is 2. The monoisotopic (exact) mass is 405 g/mol. The molecule has 3 rings (SSSR count). The van der Waals surface area contributed by atoms with Gasteiger partial charge in [-0.1, -0.05) is 29.8 Å². The second-order valence-corrected chi connectivity index (χ2v) is 7.82. The van der Waals surface area contributed by atoms with Crippen molar-refractivity contribution >= 4 is 45.0 Å². The highest BCUT2D eigenvalue weighted by Gasteiger charge is 2.18. The second kappa shape index (κ2) is 8.10. The number of nitrogens with zero attached hydrogens (tertiary/aromatic N) is 2. The molecule has 0 aliphatic carbocycles. The van der Waals surface area contributed by atoms with Crippen molar-refractivity contribution in [3.05, 3.63) is 51.5 Å². The first-order valence-corrected chi connectivity index (χ1v) is 9.72. The molecular formula is C19H20ClN3O3S. The molecule has 1 amide bonds. The van der Waals surface area contributed by atoms with Crippen molar-refractivity contribution in [3.63, 3.8) is 0 Å². The van der Waals surface area contributed by atoms with E-state index in [4.69, 9.17) is 16.3 Å². The highest BCUT2D eigenvalue weighted by Crippen LogP contribution is 2.29. The van der Waals surface area contributed by atoms with Crippen LogP contribution in [0.25, 0.3) is 10.2 Å². The van der Waals surface area contributed by atoms with Crippen LogP contribution in [-0.2, 0) is 16.1 Å². The average molecular weight is 406 g/mol. The fourth-order valence-electron chi connectivity index (χ4n) is 2.66. The molecule has 2 heterocycles. The lowest BCUT2D eigenvalue weighted by molar-refractivity contribution is -0.146. The molecule has 0 fully saturated rings. The fraction of sp³-hybridized carbons (Fsp3) is 0.316. The van der Waals surface area contributed by atoms with Crippen molar-refractivity contribution in [3.8, 4) is 0 Å². The summed E-state index contributed by atoms with van der Waals surface area (Å²) in [7, 11) is 0. The molecule has 1 N–H and O–H groups in total. The lowest BCUT2D eigenvalue weighted by Crippen LogP contribution is -2.31. The maximum Gasteiger partial charge on any atom is 0.325 e. The Balaban J connectivity index is 1.78. The zero-order valence-electron chi connectivity index (χ0n) is 15.3. The van der Waals surface area contributed by atoms with Crippen molar-refractivity contribution in [2.75, 3.05) is 6.54 Å². The number of fused-ring (bicyclic) bond motifs is 1. The van der Waals surface area contributed by atoms with Gasteiger partial charge in [-0.05, 0) is 38.5 Å². The highest BCUT2D eigenvalue weighted by atomic mass is 35.5. The average Bonchev–Trinajstić information content (AvgIpc) is 3.16. The summed E-state index contributed by atoms with van der Waals surface area (Å²) in [4.78, 5) is 25.4. The summed E-state index contributed by atoms with van der Waals surface area (Å²) in [5.41, 5.74) is 1.80. The Labute approximate surface area is 166 Å². The van der Waals surface area contributed by atoms with E-state index >= 15 is 0 Å². The van der Waals surface area contributed by atoms with Gasteiger partial charge < -0.3 is 10.1 Å². The molecule has 8 heteroatoms. The molecule has 0 saturated heterocycles. The van der Waals surface area contributed by atoms with Crippen LogP contribution in [0.1, 0.15) is 34.8 Å². The van der Waals surface area contributed by atoms with E-state index in [0.29, 0.717) is 16.4 Å². The number of nitrogens with one attached hydrogen (secondary N) is 1. The number of benzene rings is 1. The molecule has 1 aromatic carbocycles. The van der Waals surface area contributed by atoms with Gasteiger partial charge in [0, 0.05) is 10.4 Å². The second-order valence-electron chi connectivity index (χ2n) is 6.39. The van der Waals surface area contributed by atoms with Gasteiger partial charge >= 0.3 is 5.97 Å². The van der Waals surface area contributed by atoms with Gasteiger partial charge in [-0.25, -0.2) is 0 Å². The molecule has 0 unspecified atom stereocenters. The summed E-state index contributed by atoms with van der Waals surface area (Å²) < 4.78 is 6.87. The molecule has 142 valence electrons. The lowest BCUT2D eigenvalue weighted by Gasteiger charge is -2.08. The Bertz CT molecular complexity index is 993. The first-order chi connectivity index (χ1) is 12.8. The molecule has 0 spiro atoms.